The molecular weight excluding hydrogens is 293 g/mol. The second-order valence-corrected chi connectivity index (χ2v) is 5.90. The summed E-state index contributed by atoms with van der Waals surface area (Å²) >= 11 is 0. The molecule has 1 fully saturated rings. The van der Waals surface area contributed by atoms with Crippen molar-refractivity contribution in [2.24, 2.45) is 0 Å². The molecule has 1 aliphatic rings. The van der Waals surface area contributed by atoms with Gasteiger partial charge in [-0.05, 0) is 43.5 Å². The smallest absolute Gasteiger partial charge is 0.318 e. The molecule has 0 spiro atoms. The predicted octanol–water partition coefficient (Wildman–Crippen LogP) is 3.66. The fourth-order valence-corrected chi connectivity index (χ4v) is 2.57. The van der Waals surface area contributed by atoms with E-state index in [-0.39, 0.29) is 23.9 Å². The van der Waals surface area contributed by atoms with Crippen molar-refractivity contribution < 1.29 is 9.18 Å². The first-order valence-corrected chi connectivity index (χ1v) is 7.85. The zero-order valence-corrected chi connectivity index (χ0v) is 13.1. The Kier molecular flexibility index (Phi) is 4.55. The van der Waals surface area contributed by atoms with Crippen LogP contribution < -0.4 is 5.32 Å². The maximum absolute atomic E-state index is 13.9. The number of hydrogen-bond acceptors (Lipinski definition) is 2. The Morgan fingerprint density at radius 1 is 1.30 bits per heavy atom. The van der Waals surface area contributed by atoms with Crippen molar-refractivity contribution in [3.05, 3.63) is 65.7 Å². The molecule has 4 nitrogen and oxygen atoms in total. The molecule has 3 rings (SSSR count). The van der Waals surface area contributed by atoms with Crippen molar-refractivity contribution >= 4 is 6.03 Å². The molecular formula is C18H20FN3O. The summed E-state index contributed by atoms with van der Waals surface area (Å²) in [6, 6.07) is 10.3. The average Bonchev–Trinajstić information content (AvgIpc) is 3.39. The van der Waals surface area contributed by atoms with Crippen LogP contribution in [0.4, 0.5) is 9.18 Å². The van der Waals surface area contributed by atoms with Gasteiger partial charge < -0.3 is 10.2 Å². The number of halogens is 1. The van der Waals surface area contributed by atoms with Gasteiger partial charge in [-0.2, -0.15) is 0 Å². The van der Waals surface area contributed by atoms with Crippen molar-refractivity contribution in [2.75, 3.05) is 0 Å². The molecule has 1 unspecified atom stereocenters. The molecule has 0 aliphatic heterocycles. The fourth-order valence-electron chi connectivity index (χ4n) is 2.57. The van der Waals surface area contributed by atoms with Gasteiger partial charge in [0.1, 0.15) is 5.82 Å². The first kappa shape index (κ1) is 15.5. The van der Waals surface area contributed by atoms with Crippen LogP contribution in [0.3, 0.4) is 0 Å². The number of hydrogen-bond donors (Lipinski definition) is 1. The van der Waals surface area contributed by atoms with E-state index in [0.29, 0.717) is 12.1 Å². The van der Waals surface area contributed by atoms with Gasteiger partial charge in [0.2, 0.25) is 0 Å². The Morgan fingerprint density at radius 3 is 2.65 bits per heavy atom. The molecule has 120 valence electrons. The minimum Gasteiger partial charge on any atom is -0.331 e. The second kappa shape index (κ2) is 6.77. The predicted molar refractivity (Wildman–Crippen MR) is 86.1 cm³/mol. The lowest BCUT2D eigenvalue weighted by Gasteiger charge is -2.25. The molecule has 1 saturated carbocycles. The van der Waals surface area contributed by atoms with E-state index in [9.17, 15) is 9.18 Å². The van der Waals surface area contributed by atoms with Gasteiger partial charge in [-0.25, -0.2) is 9.18 Å². The summed E-state index contributed by atoms with van der Waals surface area (Å²) in [6.07, 6.45) is 5.36. The third-order valence-corrected chi connectivity index (χ3v) is 4.09. The summed E-state index contributed by atoms with van der Waals surface area (Å²) in [4.78, 5) is 18.3. The van der Waals surface area contributed by atoms with Crippen molar-refractivity contribution in [3.63, 3.8) is 0 Å². The Balaban J connectivity index is 1.69. The summed E-state index contributed by atoms with van der Waals surface area (Å²) < 4.78 is 13.9. The third kappa shape index (κ3) is 3.86. The van der Waals surface area contributed by atoms with Crippen LogP contribution in [0.5, 0.6) is 0 Å². The first-order chi connectivity index (χ1) is 11.1. The number of pyridine rings is 1. The molecule has 1 atom stereocenters. The van der Waals surface area contributed by atoms with Gasteiger partial charge in [0.05, 0.1) is 12.6 Å². The molecule has 0 saturated heterocycles. The standard InChI is InChI=1S/C18H20FN3O/c1-13(14-8-10-20-11-9-14)21-18(23)22(16-6-7-16)12-15-4-2-3-5-17(15)19/h2-5,8-11,13,16H,6-7,12H2,1H3,(H,21,23). The minimum atomic E-state index is -0.270. The number of amides is 2. The number of carbonyl (C=O) groups is 1. The van der Waals surface area contributed by atoms with E-state index in [1.165, 1.54) is 6.07 Å². The van der Waals surface area contributed by atoms with Crippen molar-refractivity contribution in [3.8, 4) is 0 Å². The van der Waals surface area contributed by atoms with E-state index >= 15 is 0 Å². The molecule has 2 aromatic rings. The van der Waals surface area contributed by atoms with Crippen molar-refractivity contribution in [1.29, 1.82) is 0 Å². The van der Waals surface area contributed by atoms with Crippen LogP contribution in [-0.4, -0.2) is 22.0 Å². The Labute approximate surface area is 135 Å². The molecule has 0 bridgehead atoms. The Bertz CT molecular complexity index is 673. The molecule has 1 N–H and O–H groups in total. The fraction of sp³-hybridized carbons (Fsp3) is 0.333. The molecule has 1 aromatic heterocycles. The highest BCUT2D eigenvalue weighted by atomic mass is 19.1. The number of rotatable bonds is 5. The highest BCUT2D eigenvalue weighted by molar-refractivity contribution is 5.75. The Hall–Kier alpha value is -2.43. The number of aromatic nitrogens is 1. The van der Waals surface area contributed by atoms with E-state index in [1.807, 2.05) is 19.1 Å². The highest BCUT2D eigenvalue weighted by Crippen LogP contribution is 2.29. The molecule has 1 heterocycles. The minimum absolute atomic E-state index is 0.118. The quantitative estimate of drug-likeness (QED) is 0.915. The first-order valence-electron chi connectivity index (χ1n) is 7.85. The van der Waals surface area contributed by atoms with Gasteiger partial charge in [0, 0.05) is 24.0 Å². The summed E-state index contributed by atoms with van der Waals surface area (Å²) in [5.74, 6) is -0.270. The van der Waals surface area contributed by atoms with Crippen LogP contribution >= 0.6 is 0 Å². The lowest BCUT2D eigenvalue weighted by Crippen LogP contribution is -2.42. The lowest BCUT2D eigenvalue weighted by molar-refractivity contribution is 0.188. The topological polar surface area (TPSA) is 45.2 Å². The lowest BCUT2D eigenvalue weighted by atomic mass is 10.1. The zero-order chi connectivity index (χ0) is 16.2. The van der Waals surface area contributed by atoms with E-state index in [1.54, 1.807) is 35.5 Å². The van der Waals surface area contributed by atoms with E-state index in [0.717, 1.165) is 18.4 Å². The van der Waals surface area contributed by atoms with Gasteiger partial charge in [0.15, 0.2) is 0 Å². The van der Waals surface area contributed by atoms with Gasteiger partial charge in [-0.1, -0.05) is 18.2 Å². The van der Waals surface area contributed by atoms with Gasteiger partial charge >= 0.3 is 6.03 Å². The molecule has 2 amide bonds. The van der Waals surface area contributed by atoms with E-state index in [4.69, 9.17) is 0 Å². The molecule has 23 heavy (non-hydrogen) atoms. The average molecular weight is 313 g/mol. The van der Waals surface area contributed by atoms with Crippen LogP contribution in [0, 0.1) is 5.82 Å². The van der Waals surface area contributed by atoms with Crippen LogP contribution in [-0.2, 0) is 6.54 Å². The SMILES string of the molecule is CC(NC(=O)N(Cc1ccccc1F)C1CC1)c1ccncc1. The van der Waals surface area contributed by atoms with E-state index in [2.05, 4.69) is 10.3 Å². The monoisotopic (exact) mass is 313 g/mol. The van der Waals surface area contributed by atoms with Gasteiger partial charge in [-0.15, -0.1) is 0 Å². The molecule has 0 radical (unpaired) electrons. The summed E-state index contributed by atoms with van der Waals surface area (Å²) in [5, 5.41) is 2.99. The normalized spacial score (nSPS) is 15.0. The maximum atomic E-state index is 13.9. The van der Waals surface area contributed by atoms with Gasteiger partial charge in [-0.3, -0.25) is 4.98 Å². The number of carbonyl (C=O) groups excluding carboxylic acids is 1. The highest BCUT2D eigenvalue weighted by Gasteiger charge is 2.33. The van der Waals surface area contributed by atoms with Crippen LogP contribution in [0.2, 0.25) is 0 Å². The number of urea groups is 1. The maximum Gasteiger partial charge on any atom is 0.318 e. The third-order valence-electron chi connectivity index (χ3n) is 4.09. The number of nitrogens with one attached hydrogen (secondary N) is 1. The van der Waals surface area contributed by atoms with Crippen molar-refractivity contribution in [1.82, 2.24) is 15.2 Å². The number of benzene rings is 1. The second-order valence-electron chi connectivity index (χ2n) is 5.90. The summed E-state index contributed by atoms with van der Waals surface area (Å²) in [6.45, 7) is 2.23. The van der Waals surface area contributed by atoms with E-state index < -0.39 is 0 Å². The largest absolute Gasteiger partial charge is 0.331 e. The molecule has 1 aromatic carbocycles. The Morgan fingerprint density at radius 2 is 2.00 bits per heavy atom. The summed E-state index contributed by atoms with van der Waals surface area (Å²) in [7, 11) is 0. The zero-order valence-electron chi connectivity index (χ0n) is 13.1. The molecule has 5 heteroatoms. The number of nitrogens with zero attached hydrogens (tertiary/aromatic N) is 2. The summed E-state index contributed by atoms with van der Waals surface area (Å²) in [5.41, 5.74) is 1.54. The molecule has 1 aliphatic carbocycles. The van der Waals surface area contributed by atoms with Crippen molar-refractivity contribution in [2.45, 2.75) is 38.4 Å². The van der Waals surface area contributed by atoms with Crippen LogP contribution in [0.1, 0.15) is 36.9 Å². The van der Waals surface area contributed by atoms with Crippen LogP contribution in [0.25, 0.3) is 0 Å². The van der Waals surface area contributed by atoms with Crippen LogP contribution in [0.15, 0.2) is 48.8 Å². The van der Waals surface area contributed by atoms with Gasteiger partial charge in [0.25, 0.3) is 0 Å².